The first-order valence-electron chi connectivity index (χ1n) is 14.6. The molecule has 0 radical (unpaired) electrons. The van der Waals surface area contributed by atoms with Gasteiger partial charge in [0, 0.05) is 22.3 Å². The van der Waals surface area contributed by atoms with Crippen LogP contribution in [0.3, 0.4) is 0 Å². The molecule has 0 saturated carbocycles. The fourth-order valence-corrected chi connectivity index (χ4v) is 4.47. The highest BCUT2D eigenvalue weighted by atomic mass is 16.5. The highest BCUT2D eigenvalue weighted by Gasteiger charge is 2.11. The van der Waals surface area contributed by atoms with E-state index in [-0.39, 0.29) is 0 Å². The van der Waals surface area contributed by atoms with Crippen molar-refractivity contribution < 1.29 is 19.1 Å². The fraction of sp³-hybridized carbons (Fsp3) is 0. The third kappa shape index (κ3) is 7.85. The Labute approximate surface area is 267 Å². The first-order valence-corrected chi connectivity index (χ1v) is 14.6. The second-order valence-electron chi connectivity index (χ2n) is 10.2. The normalized spacial score (nSPS) is 10.0. The van der Waals surface area contributed by atoms with Crippen LogP contribution in [0.2, 0.25) is 0 Å². The summed E-state index contributed by atoms with van der Waals surface area (Å²) in [6, 6.07) is 47.9. The highest BCUT2D eigenvalue weighted by Crippen LogP contribution is 2.25. The third-order valence-electron chi connectivity index (χ3n) is 6.95. The van der Waals surface area contributed by atoms with Crippen LogP contribution in [0.25, 0.3) is 11.1 Å². The van der Waals surface area contributed by atoms with E-state index in [1.165, 1.54) is 0 Å². The minimum absolute atomic E-state index is 0.435. The van der Waals surface area contributed by atoms with Gasteiger partial charge in [-0.15, -0.1) is 0 Å². The van der Waals surface area contributed by atoms with Gasteiger partial charge < -0.3 is 9.47 Å². The van der Waals surface area contributed by atoms with E-state index in [0.717, 1.165) is 33.4 Å². The quantitative estimate of drug-likeness (QED) is 0.114. The number of hydrogen-bond donors (Lipinski definition) is 0. The summed E-state index contributed by atoms with van der Waals surface area (Å²) < 4.78 is 11.1. The molecule has 6 aromatic carbocycles. The van der Waals surface area contributed by atoms with Crippen molar-refractivity contribution in [3.63, 3.8) is 0 Å². The summed E-state index contributed by atoms with van der Waals surface area (Å²) in [6.45, 7) is 0. The van der Waals surface area contributed by atoms with Crippen LogP contribution >= 0.6 is 0 Å². The molecule has 0 aliphatic heterocycles. The lowest BCUT2D eigenvalue weighted by atomic mass is 10.1. The number of benzene rings is 6. The Balaban J connectivity index is 1.02. The van der Waals surface area contributed by atoms with Gasteiger partial charge in [-0.3, -0.25) is 0 Å². The van der Waals surface area contributed by atoms with Crippen molar-refractivity contribution in [1.29, 1.82) is 0 Å². The van der Waals surface area contributed by atoms with E-state index in [1.54, 1.807) is 72.8 Å². The molecule has 218 valence electrons. The summed E-state index contributed by atoms with van der Waals surface area (Å²) in [5.41, 5.74) is 6.19. The van der Waals surface area contributed by atoms with E-state index in [0.29, 0.717) is 22.6 Å². The Morgan fingerprint density at radius 2 is 0.652 bits per heavy atom. The molecule has 0 aromatic heterocycles. The van der Waals surface area contributed by atoms with Crippen LogP contribution < -0.4 is 9.47 Å². The maximum absolute atomic E-state index is 12.7. The molecule has 6 rings (SSSR count). The molecular formula is C42H26O4. The molecule has 0 atom stereocenters. The molecule has 0 unspecified atom stereocenters. The van der Waals surface area contributed by atoms with Crippen molar-refractivity contribution in [1.82, 2.24) is 0 Å². The molecule has 0 aliphatic rings. The number of carbonyl (C=O) groups is 2. The van der Waals surface area contributed by atoms with Gasteiger partial charge in [0.25, 0.3) is 0 Å². The lowest BCUT2D eigenvalue weighted by Crippen LogP contribution is -2.08. The molecule has 0 amide bonds. The van der Waals surface area contributed by atoms with E-state index < -0.39 is 11.9 Å². The van der Waals surface area contributed by atoms with Crippen LogP contribution in [0, 0.1) is 23.7 Å². The number of esters is 2. The van der Waals surface area contributed by atoms with Crippen LogP contribution in [0.1, 0.15) is 43.0 Å². The molecule has 0 heterocycles. The van der Waals surface area contributed by atoms with Gasteiger partial charge in [-0.25, -0.2) is 9.59 Å². The minimum atomic E-state index is -0.448. The van der Waals surface area contributed by atoms with Gasteiger partial charge in [0.15, 0.2) is 0 Å². The first kappa shape index (κ1) is 29.5. The highest BCUT2D eigenvalue weighted by molar-refractivity contribution is 5.92. The van der Waals surface area contributed by atoms with Crippen molar-refractivity contribution in [3.05, 3.63) is 191 Å². The van der Waals surface area contributed by atoms with Crippen LogP contribution in [-0.2, 0) is 0 Å². The lowest BCUT2D eigenvalue weighted by molar-refractivity contribution is 0.0725. The topological polar surface area (TPSA) is 52.6 Å². The van der Waals surface area contributed by atoms with Crippen molar-refractivity contribution >= 4 is 11.9 Å². The maximum atomic E-state index is 12.7. The Kier molecular flexibility index (Phi) is 9.11. The summed E-state index contributed by atoms with van der Waals surface area (Å²) in [5.74, 6) is 12.4. The average molecular weight is 595 g/mol. The summed E-state index contributed by atoms with van der Waals surface area (Å²) in [5, 5.41) is 0. The zero-order valence-corrected chi connectivity index (χ0v) is 24.6. The first-order chi connectivity index (χ1) is 22.6. The molecule has 0 spiro atoms. The van der Waals surface area contributed by atoms with Gasteiger partial charge in [0.05, 0.1) is 11.1 Å². The van der Waals surface area contributed by atoms with E-state index in [4.69, 9.17) is 9.47 Å². The van der Waals surface area contributed by atoms with Crippen molar-refractivity contribution in [2.24, 2.45) is 0 Å². The Hall–Kier alpha value is -6.62. The van der Waals surface area contributed by atoms with Gasteiger partial charge in [0.2, 0.25) is 0 Å². The molecule has 6 aromatic rings. The molecule has 4 nitrogen and oxygen atoms in total. The Morgan fingerprint density at radius 3 is 0.978 bits per heavy atom. The van der Waals surface area contributed by atoms with E-state index in [1.807, 2.05) is 84.9 Å². The summed E-state index contributed by atoms with van der Waals surface area (Å²) in [7, 11) is 0. The van der Waals surface area contributed by atoms with Gasteiger partial charge in [-0.2, -0.15) is 0 Å². The molecule has 4 heteroatoms. The van der Waals surface area contributed by atoms with Crippen molar-refractivity contribution in [2.75, 3.05) is 0 Å². The Bertz CT molecular complexity index is 1920. The smallest absolute Gasteiger partial charge is 0.343 e. The molecule has 0 fully saturated rings. The zero-order valence-electron chi connectivity index (χ0n) is 24.6. The largest absolute Gasteiger partial charge is 0.423 e. The van der Waals surface area contributed by atoms with Crippen LogP contribution in [0.4, 0.5) is 0 Å². The number of ether oxygens (including phenoxy) is 2. The molecule has 0 bridgehead atoms. The van der Waals surface area contributed by atoms with Gasteiger partial charge in [-0.1, -0.05) is 84.3 Å². The van der Waals surface area contributed by atoms with Gasteiger partial charge in [-0.05, 0) is 108 Å². The number of carbonyl (C=O) groups excluding carboxylic acids is 2. The third-order valence-corrected chi connectivity index (χ3v) is 6.95. The monoisotopic (exact) mass is 594 g/mol. The summed E-state index contributed by atoms with van der Waals surface area (Å²) in [4.78, 5) is 25.4. The van der Waals surface area contributed by atoms with E-state index in [2.05, 4.69) is 23.7 Å². The standard InChI is InChI=1S/C42H26O4/c43-41(37-19-15-33(16-20-37)13-11-31-7-3-1-4-8-31)45-39-27-23-35(24-28-39)36-25-29-40(30-26-36)46-42(44)38-21-17-34(18-22-38)14-12-32-9-5-2-6-10-32/h1-10,15-30H. The predicted molar refractivity (Wildman–Crippen MR) is 180 cm³/mol. The van der Waals surface area contributed by atoms with Gasteiger partial charge >= 0.3 is 11.9 Å². The SMILES string of the molecule is O=C(Oc1ccc(-c2ccc(OC(=O)c3ccc(C#Cc4ccccc4)cc3)cc2)cc1)c1ccc(C#Cc2ccccc2)cc1. The second-order valence-corrected chi connectivity index (χ2v) is 10.2. The molecular weight excluding hydrogens is 568 g/mol. The molecule has 0 N–H and O–H groups in total. The maximum Gasteiger partial charge on any atom is 0.343 e. The molecule has 0 aliphatic carbocycles. The molecule has 46 heavy (non-hydrogen) atoms. The van der Waals surface area contributed by atoms with Crippen molar-refractivity contribution in [3.8, 4) is 46.3 Å². The molecule has 0 saturated heterocycles. The van der Waals surface area contributed by atoms with E-state index in [9.17, 15) is 9.59 Å². The number of rotatable bonds is 5. The van der Waals surface area contributed by atoms with Crippen LogP contribution in [0.15, 0.2) is 158 Å². The van der Waals surface area contributed by atoms with Gasteiger partial charge in [0.1, 0.15) is 11.5 Å². The summed E-state index contributed by atoms with van der Waals surface area (Å²) >= 11 is 0. The van der Waals surface area contributed by atoms with Crippen LogP contribution in [0.5, 0.6) is 11.5 Å². The number of hydrogen-bond acceptors (Lipinski definition) is 4. The minimum Gasteiger partial charge on any atom is -0.423 e. The lowest BCUT2D eigenvalue weighted by Gasteiger charge is -2.08. The zero-order chi connectivity index (χ0) is 31.6. The van der Waals surface area contributed by atoms with Crippen LogP contribution in [-0.4, -0.2) is 11.9 Å². The van der Waals surface area contributed by atoms with Crippen molar-refractivity contribution in [2.45, 2.75) is 0 Å². The Morgan fingerprint density at radius 1 is 0.348 bits per heavy atom. The fourth-order valence-electron chi connectivity index (χ4n) is 4.47. The van der Waals surface area contributed by atoms with E-state index >= 15 is 0 Å². The predicted octanol–water partition coefficient (Wildman–Crippen LogP) is 8.59. The average Bonchev–Trinajstić information content (AvgIpc) is 3.12. The summed E-state index contributed by atoms with van der Waals surface area (Å²) in [6.07, 6.45) is 0. The second kappa shape index (κ2) is 14.2.